The van der Waals surface area contributed by atoms with Gasteiger partial charge in [-0.15, -0.1) is 0 Å². The molecule has 0 heterocycles. The van der Waals surface area contributed by atoms with E-state index in [-0.39, 0.29) is 10.9 Å². The minimum atomic E-state index is -0.425. The summed E-state index contributed by atoms with van der Waals surface area (Å²) in [7, 11) is 0. The highest BCUT2D eigenvalue weighted by Gasteiger charge is 2.02. The maximum Gasteiger partial charge on any atom is 0.262 e. The first kappa shape index (κ1) is 12.5. The van der Waals surface area contributed by atoms with Crippen LogP contribution in [0.1, 0.15) is 13.8 Å². The van der Waals surface area contributed by atoms with Crippen molar-refractivity contribution < 1.29 is 9.18 Å². The monoisotopic (exact) mass is 242 g/mol. The molecule has 0 aliphatic rings. The van der Waals surface area contributed by atoms with Crippen LogP contribution in [-0.4, -0.2) is 5.91 Å². The summed E-state index contributed by atoms with van der Waals surface area (Å²) in [6, 6.07) is 3.86. The average Bonchev–Trinajstić information content (AvgIpc) is 2.15. The number of allylic oxidation sites excluding steroid dienone is 1. The van der Waals surface area contributed by atoms with E-state index in [4.69, 9.17) is 11.6 Å². The summed E-state index contributed by atoms with van der Waals surface area (Å²) in [4.78, 5) is 11.2. The molecule has 5 heteroatoms. The lowest BCUT2D eigenvalue weighted by Crippen LogP contribution is -2.27. The third-order valence-electron chi connectivity index (χ3n) is 1.67. The fraction of sp³-hybridized carbons (Fsp3) is 0.182. The highest BCUT2D eigenvalue weighted by molar-refractivity contribution is 6.33. The zero-order valence-electron chi connectivity index (χ0n) is 8.97. The zero-order valence-corrected chi connectivity index (χ0v) is 9.73. The molecule has 0 fully saturated rings. The maximum absolute atomic E-state index is 12.7. The van der Waals surface area contributed by atoms with Gasteiger partial charge in [0.15, 0.2) is 0 Å². The summed E-state index contributed by atoms with van der Waals surface area (Å²) >= 11 is 5.75. The Kier molecular flexibility index (Phi) is 4.31. The van der Waals surface area contributed by atoms with Crippen molar-refractivity contribution in [1.29, 1.82) is 0 Å². The topological polar surface area (TPSA) is 41.1 Å². The first-order valence-corrected chi connectivity index (χ1v) is 5.03. The molecule has 0 aliphatic carbocycles. The van der Waals surface area contributed by atoms with E-state index in [2.05, 4.69) is 10.9 Å². The van der Waals surface area contributed by atoms with Crippen molar-refractivity contribution in [3.05, 3.63) is 40.7 Å². The molecule has 0 spiro atoms. The number of anilines is 1. The van der Waals surface area contributed by atoms with E-state index < -0.39 is 5.82 Å². The summed E-state index contributed by atoms with van der Waals surface area (Å²) in [5, 5.41) is 0.206. The molecule has 0 aliphatic heterocycles. The van der Waals surface area contributed by atoms with Gasteiger partial charge in [0.05, 0.1) is 10.7 Å². The highest BCUT2D eigenvalue weighted by Crippen LogP contribution is 2.21. The highest BCUT2D eigenvalue weighted by atomic mass is 35.5. The Bertz CT molecular complexity index is 428. The van der Waals surface area contributed by atoms with E-state index in [0.717, 1.165) is 11.6 Å². The molecule has 3 nitrogen and oxygen atoms in total. The number of hydrogen-bond acceptors (Lipinski definition) is 2. The first-order chi connectivity index (χ1) is 7.49. The first-order valence-electron chi connectivity index (χ1n) is 4.65. The molecule has 1 amide bonds. The van der Waals surface area contributed by atoms with E-state index in [1.807, 2.05) is 13.8 Å². The Balaban J connectivity index is 2.62. The molecule has 1 rings (SSSR count). The fourth-order valence-electron chi connectivity index (χ4n) is 1.02. The maximum atomic E-state index is 12.7. The van der Waals surface area contributed by atoms with Crippen LogP contribution >= 0.6 is 11.6 Å². The molecule has 0 bridgehead atoms. The van der Waals surface area contributed by atoms with Crippen LogP contribution in [0.3, 0.4) is 0 Å². The van der Waals surface area contributed by atoms with Crippen LogP contribution in [0.2, 0.25) is 5.02 Å². The summed E-state index contributed by atoms with van der Waals surface area (Å²) < 4.78 is 12.7. The third-order valence-corrected chi connectivity index (χ3v) is 1.98. The molecular weight excluding hydrogens is 231 g/mol. The molecule has 0 saturated heterocycles. The van der Waals surface area contributed by atoms with Gasteiger partial charge < -0.3 is 0 Å². The van der Waals surface area contributed by atoms with E-state index in [1.54, 1.807) is 0 Å². The largest absolute Gasteiger partial charge is 0.297 e. The number of rotatable bonds is 3. The van der Waals surface area contributed by atoms with E-state index in [0.29, 0.717) is 5.69 Å². The molecule has 0 radical (unpaired) electrons. The molecule has 2 N–H and O–H groups in total. The van der Waals surface area contributed by atoms with Gasteiger partial charge in [-0.3, -0.25) is 15.6 Å². The molecular formula is C11H12ClFN2O. The van der Waals surface area contributed by atoms with Crippen molar-refractivity contribution in [2.75, 3.05) is 5.43 Å². The number of amides is 1. The van der Waals surface area contributed by atoms with Crippen molar-refractivity contribution in [2.24, 2.45) is 0 Å². The predicted octanol–water partition coefficient (Wildman–Crippen LogP) is 2.89. The number of halogens is 2. The molecule has 16 heavy (non-hydrogen) atoms. The molecule has 0 unspecified atom stereocenters. The molecule has 1 aromatic rings. The number of hydrazine groups is 1. The van der Waals surface area contributed by atoms with E-state index in [1.165, 1.54) is 18.2 Å². The van der Waals surface area contributed by atoms with Gasteiger partial charge in [-0.05, 0) is 32.0 Å². The lowest BCUT2D eigenvalue weighted by atomic mass is 10.3. The summed E-state index contributed by atoms with van der Waals surface area (Å²) in [5.74, 6) is -0.716. The van der Waals surface area contributed by atoms with Crippen LogP contribution < -0.4 is 10.9 Å². The molecule has 0 aromatic heterocycles. The van der Waals surface area contributed by atoms with Gasteiger partial charge in [0.2, 0.25) is 0 Å². The number of carbonyl (C=O) groups is 1. The number of nitrogens with one attached hydrogen (secondary N) is 2. The smallest absolute Gasteiger partial charge is 0.262 e. The third kappa shape index (κ3) is 3.90. The quantitative estimate of drug-likeness (QED) is 0.632. The Hall–Kier alpha value is -1.55. The van der Waals surface area contributed by atoms with Gasteiger partial charge in [-0.2, -0.15) is 0 Å². The van der Waals surface area contributed by atoms with Crippen LogP contribution in [-0.2, 0) is 4.79 Å². The number of carbonyl (C=O) groups excluding carboxylic acids is 1. The zero-order chi connectivity index (χ0) is 12.1. The Morgan fingerprint density at radius 3 is 2.69 bits per heavy atom. The molecule has 0 saturated carbocycles. The van der Waals surface area contributed by atoms with Crippen molar-refractivity contribution in [3.8, 4) is 0 Å². The number of benzene rings is 1. The van der Waals surface area contributed by atoms with Gasteiger partial charge in [0.1, 0.15) is 5.82 Å². The van der Waals surface area contributed by atoms with Crippen LogP contribution in [0.15, 0.2) is 29.8 Å². The fourth-order valence-corrected chi connectivity index (χ4v) is 1.23. The van der Waals surface area contributed by atoms with Crippen LogP contribution in [0.4, 0.5) is 10.1 Å². The normalized spacial score (nSPS) is 9.50. The number of hydrogen-bond donors (Lipinski definition) is 2. The second-order valence-electron chi connectivity index (χ2n) is 3.46. The van der Waals surface area contributed by atoms with E-state index >= 15 is 0 Å². The SMILES string of the molecule is CC(C)=CC(=O)NNc1ccc(F)cc1Cl. The summed E-state index contributed by atoms with van der Waals surface area (Å²) in [6.07, 6.45) is 1.43. The van der Waals surface area contributed by atoms with Gasteiger partial charge in [0.25, 0.3) is 5.91 Å². The predicted molar refractivity (Wildman–Crippen MR) is 62.6 cm³/mol. The second kappa shape index (κ2) is 5.51. The second-order valence-corrected chi connectivity index (χ2v) is 3.87. The Morgan fingerprint density at radius 1 is 1.44 bits per heavy atom. The van der Waals surface area contributed by atoms with Gasteiger partial charge in [-0.25, -0.2) is 4.39 Å². The van der Waals surface area contributed by atoms with Crippen molar-refractivity contribution in [3.63, 3.8) is 0 Å². The van der Waals surface area contributed by atoms with Crippen LogP contribution in [0.5, 0.6) is 0 Å². The lowest BCUT2D eigenvalue weighted by molar-refractivity contribution is -0.116. The van der Waals surface area contributed by atoms with Crippen LogP contribution in [0, 0.1) is 5.82 Å². The Labute approximate surface area is 98.3 Å². The van der Waals surface area contributed by atoms with Crippen molar-refractivity contribution in [2.45, 2.75) is 13.8 Å². The average molecular weight is 243 g/mol. The van der Waals surface area contributed by atoms with Gasteiger partial charge in [0, 0.05) is 6.08 Å². The molecule has 0 atom stereocenters. The van der Waals surface area contributed by atoms with E-state index in [9.17, 15) is 9.18 Å². The van der Waals surface area contributed by atoms with Crippen molar-refractivity contribution in [1.82, 2.24) is 5.43 Å². The molecule has 86 valence electrons. The minimum Gasteiger partial charge on any atom is -0.297 e. The Morgan fingerprint density at radius 2 is 2.12 bits per heavy atom. The summed E-state index contributed by atoms with van der Waals surface area (Å²) in [6.45, 7) is 3.62. The van der Waals surface area contributed by atoms with Gasteiger partial charge in [-0.1, -0.05) is 17.2 Å². The molecule has 1 aromatic carbocycles. The van der Waals surface area contributed by atoms with Crippen LogP contribution in [0.25, 0.3) is 0 Å². The van der Waals surface area contributed by atoms with Gasteiger partial charge >= 0.3 is 0 Å². The minimum absolute atomic E-state index is 0.206. The lowest BCUT2D eigenvalue weighted by Gasteiger charge is -2.08. The summed E-state index contributed by atoms with van der Waals surface area (Å²) in [5.41, 5.74) is 6.34. The van der Waals surface area contributed by atoms with Crippen molar-refractivity contribution >= 4 is 23.2 Å². The standard InChI is InChI=1S/C11H12ClFN2O/c1-7(2)5-11(16)15-14-10-4-3-8(13)6-9(10)12/h3-6,14H,1-2H3,(H,15,16).